The lowest BCUT2D eigenvalue weighted by atomic mass is 10.2. The lowest BCUT2D eigenvalue weighted by Gasteiger charge is -2.20. The normalized spacial score (nSPS) is 16.6. The molecular formula is C11H14BrN3OS. The fraction of sp³-hybridized carbons (Fsp3) is 0.455. The van der Waals surface area contributed by atoms with E-state index in [0.717, 1.165) is 35.5 Å². The van der Waals surface area contributed by atoms with Crippen molar-refractivity contribution in [2.45, 2.75) is 6.42 Å². The SMILES string of the molecule is Nc1ncc(Br)cc1C(=O)N1CCCSCC1. The van der Waals surface area contributed by atoms with Crippen LogP contribution in [0.3, 0.4) is 0 Å². The first-order chi connectivity index (χ1) is 8.18. The summed E-state index contributed by atoms with van der Waals surface area (Å²) >= 11 is 5.20. The van der Waals surface area contributed by atoms with Gasteiger partial charge in [-0.2, -0.15) is 11.8 Å². The first-order valence-electron chi connectivity index (χ1n) is 5.46. The number of carbonyl (C=O) groups is 1. The fourth-order valence-corrected chi connectivity index (χ4v) is 2.96. The van der Waals surface area contributed by atoms with Crippen LogP contribution in [0.15, 0.2) is 16.7 Å². The van der Waals surface area contributed by atoms with E-state index in [-0.39, 0.29) is 5.91 Å². The van der Waals surface area contributed by atoms with Crippen LogP contribution < -0.4 is 5.73 Å². The highest BCUT2D eigenvalue weighted by Crippen LogP contribution is 2.19. The van der Waals surface area contributed by atoms with E-state index in [1.165, 1.54) is 0 Å². The average Bonchev–Trinajstić information content (AvgIpc) is 2.60. The van der Waals surface area contributed by atoms with Crippen molar-refractivity contribution in [3.05, 3.63) is 22.3 Å². The van der Waals surface area contributed by atoms with Crippen LogP contribution in [0.25, 0.3) is 0 Å². The Kier molecular flexibility index (Phi) is 4.28. The topological polar surface area (TPSA) is 59.2 Å². The zero-order valence-corrected chi connectivity index (χ0v) is 11.8. The van der Waals surface area contributed by atoms with E-state index < -0.39 is 0 Å². The fourth-order valence-electron chi connectivity index (χ4n) is 1.74. The van der Waals surface area contributed by atoms with Gasteiger partial charge in [0, 0.05) is 29.5 Å². The number of anilines is 1. The molecule has 0 aliphatic carbocycles. The maximum absolute atomic E-state index is 12.3. The second-order valence-electron chi connectivity index (χ2n) is 3.84. The van der Waals surface area contributed by atoms with Gasteiger partial charge in [0.25, 0.3) is 5.91 Å². The van der Waals surface area contributed by atoms with Crippen molar-refractivity contribution in [2.24, 2.45) is 0 Å². The summed E-state index contributed by atoms with van der Waals surface area (Å²) in [6, 6.07) is 1.74. The van der Waals surface area contributed by atoms with Gasteiger partial charge in [0.05, 0.1) is 5.56 Å². The van der Waals surface area contributed by atoms with Gasteiger partial charge in [-0.05, 0) is 34.2 Å². The summed E-state index contributed by atoms with van der Waals surface area (Å²) in [4.78, 5) is 18.2. The Bertz CT molecular complexity index is 419. The molecule has 0 spiro atoms. The Balaban J connectivity index is 2.20. The third kappa shape index (κ3) is 3.13. The number of amides is 1. The first kappa shape index (κ1) is 12.7. The molecule has 0 saturated carbocycles. The minimum atomic E-state index is -0.0150. The molecule has 0 unspecified atom stereocenters. The monoisotopic (exact) mass is 315 g/mol. The van der Waals surface area contributed by atoms with Gasteiger partial charge in [-0.3, -0.25) is 4.79 Å². The van der Waals surface area contributed by atoms with Crippen molar-refractivity contribution in [1.82, 2.24) is 9.88 Å². The summed E-state index contributed by atoms with van der Waals surface area (Å²) in [5.74, 6) is 2.40. The minimum Gasteiger partial charge on any atom is -0.383 e. The van der Waals surface area contributed by atoms with Crippen molar-refractivity contribution in [3.63, 3.8) is 0 Å². The van der Waals surface area contributed by atoms with Gasteiger partial charge >= 0.3 is 0 Å². The van der Waals surface area contributed by atoms with Gasteiger partial charge in [0.2, 0.25) is 0 Å². The third-order valence-electron chi connectivity index (χ3n) is 2.63. The molecular weight excluding hydrogens is 302 g/mol. The molecule has 1 fully saturated rings. The summed E-state index contributed by atoms with van der Waals surface area (Å²) in [7, 11) is 0. The van der Waals surface area contributed by atoms with Crippen molar-refractivity contribution in [1.29, 1.82) is 0 Å². The molecule has 1 amide bonds. The number of rotatable bonds is 1. The second kappa shape index (κ2) is 5.73. The third-order valence-corrected chi connectivity index (χ3v) is 4.11. The van der Waals surface area contributed by atoms with Crippen LogP contribution in [0.4, 0.5) is 5.82 Å². The van der Waals surface area contributed by atoms with Gasteiger partial charge in [0.15, 0.2) is 0 Å². The number of pyridine rings is 1. The van der Waals surface area contributed by atoms with E-state index in [2.05, 4.69) is 20.9 Å². The van der Waals surface area contributed by atoms with Gasteiger partial charge in [-0.1, -0.05) is 0 Å². The van der Waals surface area contributed by atoms with Crippen molar-refractivity contribution < 1.29 is 4.79 Å². The van der Waals surface area contributed by atoms with Crippen molar-refractivity contribution >= 4 is 39.4 Å². The number of thioether (sulfide) groups is 1. The lowest BCUT2D eigenvalue weighted by molar-refractivity contribution is 0.0769. The maximum atomic E-state index is 12.3. The highest BCUT2D eigenvalue weighted by atomic mass is 79.9. The zero-order chi connectivity index (χ0) is 12.3. The molecule has 17 heavy (non-hydrogen) atoms. The van der Waals surface area contributed by atoms with Crippen LogP contribution in [0.2, 0.25) is 0 Å². The van der Waals surface area contributed by atoms with E-state index in [1.807, 2.05) is 16.7 Å². The van der Waals surface area contributed by atoms with Crippen LogP contribution in [-0.4, -0.2) is 40.4 Å². The van der Waals surface area contributed by atoms with Crippen LogP contribution in [-0.2, 0) is 0 Å². The quantitative estimate of drug-likeness (QED) is 0.861. The molecule has 1 aliphatic rings. The Morgan fingerprint density at radius 2 is 2.29 bits per heavy atom. The smallest absolute Gasteiger partial charge is 0.257 e. The largest absolute Gasteiger partial charge is 0.383 e. The van der Waals surface area contributed by atoms with Crippen LogP contribution in [0.1, 0.15) is 16.8 Å². The lowest BCUT2D eigenvalue weighted by Crippen LogP contribution is -2.33. The summed E-state index contributed by atoms with van der Waals surface area (Å²) in [6.07, 6.45) is 2.64. The van der Waals surface area contributed by atoms with Gasteiger partial charge in [-0.25, -0.2) is 4.98 Å². The standard InChI is InChI=1S/C11H14BrN3OS/c12-8-6-9(10(13)14-7-8)11(16)15-2-1-4-17-5-3-15/h6-7H,1-5H2,(H2,13,14). The van der Waals surface area contributed by atoms with Crippen molar-refractivity contribution in [3.8, 4) is 0 Å². The molecule has 2 N–H and O–H groups in total. The summed E-state index contributed by atoms with van der Waals surface area (Å²) in [5.41, 5.74) is 6.24. The molecule has 1 aromatic heterocycles. The predicted octanol–water partition coefficient (Wildman–Crippen LogP) is 2.01. The highest BCUT2D eigenvalue weighted by molar-refractivity contribution is 9.10. The first-order valence-corrected chi connectivity index (χ1v) is 7.41. The summed E-state index contributed by atoms with van der Waals surface area (Å²) in [6.45, 7) is 1.59. The number of nitrogens with zero attached hydrogens (tertiary/aromatic N) is 2. The van der Waals surface area contributed by atoms with E-state index >= 15 is 0 Å². The van der Waals surface area contributed by atoms with E-state index in [1.54, 1.807) is 12.3 Å². The van der Waals surface area contributed by atoms with E-state index in [0.29, 0.717) is 11.4 Å². The zero-order valence-electron chi connectivity index (χ0n) is 9.36. The Morgan fingerprint density at radius 1 is 1.47 bits per heavy atom. The number of aromatic nitrogens is 1. The minimum absolute atomic E-state index is 0.0150. The average molecular weight is 316 g/mol. The molecule has 2 rings (SSSR count). The number of hydrogen-bond acceptors (Lipinski definition) is 4. The van der Waals surface area contributed by atoms with Gasteiger partial charge in [0.1, 0.15) is 5.82 Å². The van der Waals surface area contributed by atoms with Gasteiger partial charge < -0.3 is 10.6 Å². The number of nitrogens with two attached hydrogens (primary N) is 1. The van der Waals surface area contributed by atoms with Crippen LogP contribution in [0, 0.1) is 0 Å². The summed E-state index contributed by atoms with van der Waals surface area (Å²) < 4.78 is 0.777. The van der Waals surface area contributed by atoms with Gasteiger partial charge in [-0.15, -0.1) is 0 Å². The molecule has 1 saturated heterocycles. The molecule has 4 nitrogen and oxygen atoms in total. The van der Waals surface area contributed by atoms with Crippen LogP contribution >= 0.6 is 27.7 Å². The second-order valence-corrected chi connectivity index (χ2v) is 5.98. The predicted molar refractivity (Wildman–Crippen MR) is 74.2 cm³/mol. The number of halogens is 1. The molecule has 1 aliphatic heterocycles. The number of carbonyl (C=O) groups excluding carboxylic acids is 1. The molecule has 0 radical (unpaired) electrons. The maximum Gasteiger partial charge on any atom is 0.257 e. The van der Waals surface area contributed by atoms with Crippen LogP contribution in [0.5, 0.6) is 0 Å². The number of nitrogen functional groups attached to an aromatic ring is 1. The molecule has 2 heterocycles. The Hall–Kier alpha value is -0.750. The van der Waals surface area contributed by atoms with E-state index in [4.69, 9.17) is 5.73 Å². The molecule has 92 valence electrons. The molecule has 0 aromatic carbocycles. The Morgan fingerprint density at radius 3 is 3.12 bits per heavy atom. The molecule has 0 bridgehead atoms. The molecule has 6 heteroatoms. The van der Waals surface area contributed by atoms with E-state index in [9.17, 15) is 4.79 Å². The van der Waals surface area contributed by atoms with Crippen molar-refractivity contribution in [2.75, 3.05) is 30.3 Å². The number of hydrogen-bond donors (Lipinski definition) is 1. The summed E-state index contributed by atoms with van der Waals surface area (Å²) in [5, 5.41) is 0. The highest BCUT2D eigenvalue weighted by Gasteiger charge is 2.20. The molecule has 0 atom stereocenters. The molecule has 1 aromatic rings. The Labute approximate surface area is 113 Å².